The second-order valence-corrected chi connectivity index (χ2v) is 6.62. The van der Waals surface area contributed by atoms with Crippen molar-refractivity contribution in [2.75, 3.05) is 6.61 Å². The molecule has 20 heavy (non-hydrogen) atoms. The van der Waals surface area contributed by atoms with Crippen LogP contribution in [0, 0.1) is 5.92 Å². The number of rotatable bonds is 2. The van der Waals surface area contributed by atoms with Crippen molar-refractivity contribution >= 4 is 12.1 Å². The minimum absolute atomic E-state index is 0.0531. The monoisotopic (exact) mass is 283 g/mol. The molecule has 2 heterocycles. The molecule has 114 valence electrons. The highest BCUT2D eigenvalue weighted by atomic mass is 16.6. The van der Waals surface area contributed by atoms with Gasteiger partial charge in [0.05, 0.1) is 12.5 Å². The fraction of sp³-hybridized carbons (Fsp3) is 0.867. The molecule has 2 aliphatic heterocycles. The molecule has 2 rings (SSSR count). The Labute approximate surface area is 120 Å². The first-order chi connectivity index (χ1) is 9.33. The predicted molar refractivity (Wildman–Crippen MR) is 74.2 cm³/mol. The molecule has 0 aromatic heterocycles. The molecule has 0 aliphatic carbocycles. The molecule has 0 saturated carbocycles. The van der Waals surface area contributed by atoms with Gasteiger partial charge in [-0.2, -0.15) is 0 Å². The maximum absolute atomic E-state index is 12.4. The third kappa shape index (κ3) is 3.07. The van der Waals surface area contributed by atoms with E-state index in [1.807, 2.05) is 27.7 Å². The molecular formula is C15H25NO4. The van der Waals surface area contributed by atoms with Crippen molar-refractivity contribution < 1.29 is 19.1 Å². The van der Waals surface area contributed by atoms with Crippen molar-refractivity contribution in [3.63, 3.8) is 0 Å². The summed E-state index contributed by atoms with van der Waals surface area (Å²) < 4.78 is 10.6. The van der Waals surface area contributed by atoms with Crippen LogP contribution in [0.15, 0.2) is 0 Å². The van der Waals surface area contributed by atoms with Gasteiger partial charge in [-0.3, -0.25) is 4.79 Å². The van der Waals surface area contributed by atoms with E-state index in [-0.39, 0.29) is 30.1 Å². The summed E-state index contributed by atoms with van der Waals surface area (Å²) in [5.74, 6) is -0.368. The first-order valence-corrected chi connectivity index (χ1v) is 7.51. The van der Waals surface area contributed by atoms with Crippen molar-refractivity contribution in [3.05, 3.63) is 0 Å². The van der Waals surface area contributed by atoms with Crippen LogP contribution in [0.25, 0.3) is 0 Å². The molecule has 5 nitrogen and oxygen atoms in total. The van der Waals surface area contributed by atoms with Gasteiger partial charge in [-0.25, -0.2) is 4.79 Å². The van der Waals surface area contributed by atoms with Crippen molar-refractivity contribution in [3.8, 4) is 0 Å². The number of esters is 1. The molecule has 5 heteroatoms. The van der Waals surface area contributed by atoms with Gasteiger partial charge in [0.15, 0.2) is 0 Å². The summed E-state index contributed by atoms with van der Waals surface area (Å²) in [6.07, 6.45) is 3.21. The van der Waals surface area contributed by atoms with Crippen LogP contribution >= 0.6 is 0 Å². The average molecular weight is 283 g/mol. The highest BCUT2D eigenvalue weighted by Crippen LogP contribution is 2.40. The molecule has 0 spiro atoms. The van der Waals surface area contributed by atoms with Crippen LogP contribution in [0.2, 0.25) is 0 Å². The summed E-state index contributed by atoms with van der Waals surface area (Å²) in [6.45, 7) is 7.78. The minimum atomic E-state index is -0.507. The van der Waals surface area contributed by atoms with E-state index in [1.165, 1.54) is 0 Å². The molecule has 2 fully saturated rings. The predicted octanol–water partition coefficient (Wildman–Crippen LogP) is 2.73. The van der Waals surface area contributed by atoms with Crippen molar-refractivity contribution in [2.45, 2.75) is 71.1 Å². The van der Waals surface area contributed by atoms with Crippen LogP contribution in [-0.4, -0.2) is 41.3 Å². The van der Waals surface area contributed by atoms with Gasteiger partial charge < -0.3 is 14.4 Å². The Morgan fingerprint density at radius 2 is 1.80 bits per heavy atom. The maximum atomic E-state index is 12.4. The number of nitrogens with zero attached hydrogens (tertiary/aromatic N) is 1. The molecule has 2 saturated heterocycles. The molecule has 3 atom stereocenters. The lowest BCUT2D eigenvalue weighted by Gasteiger charge is -2.39. The molecule has 1 amide bonds. The lowest BCUT2D eigenvalue weighted by molar-refractivity contribution is -0.151. The molecule has 0 aromatic carbocycles. The second kappa shape index (κ2) is 5.62. The summed E-state index contributed by atoms with van der Waals surface area (Å²) in [7, 11) is 0. The van der Waals surface area contributed by atoms with Crippen molar-refractivity contribution in [1.82, 2.24) is 4.90 Å². The van der Waals surface area contributed by atoms with Crippen molar-refractivity contribution in [2.24, 2.45) is 5.92 Å². The highest BCUT2D eigenvalue weighted by Gasteiger charge is 2.49. The number of carbonyl (C=O) groups excluding carboxylic acids is 2. The summed E-state index contributed by atoms with van der Waals surface area (Å²) >= 11 is 0. The van der Waals surface area contributed by atoms with Crippen LogP contribution in [0.3, 0.4) is 0 Å². The van der Waals surface area contributed by atoms with E-state index < -0.39 is 5.60 Å². The first-order valence-electron chi connectivity index (χ1n) is 7.51. The fourth-order valence-corrected chi connectivity index (χ4v) is 3.28. The Balaban J connectivity index is 2.10. The van der Waals surface area contributed by atoms with Gasteiger partial charge in [0.1, 0.15) is 5.60 Å². The van der Waals surface area contributed by atoms with Crippen LogP contribution in [0.5, 0.6) is 0 Å². The lowest BCUT2D eigenvalue weighted by Crippen LogP contribution is -2.51. The Hall–Kier alpha value is -1.26. The molecule has 0 aromatic rings. The Morgan fingerprint density at radius 1 is 1.15 bits per heavy atom. The smallest absolute Gasteiger partial charge is 0.410 e. The Morgan fingerprint density at radius 3 is 2.40 bits per heavy atom. The summed E-state index contributed by atoms with van der Waals surface area (Å²) in [4.78, 5) is 26.2. The van der Waals surface area contributed by atoms with Gasteiger partial charge in [0, 0.05) is 12.1 Å². The summed E-state index contributed by atoms with van der Waals surface area (Å²) in [5, 5.41) is 0. The summed E-state index contributed by atoms with van der Waals surface area (Å²) in [6, 6.07) is 0.170. The third-order valence-electron chi connectivity index (χ3n) is 4.02. The van der Waals surface area contributed by atoms with Crippen LogP contribution < -0.4 is 0 Å². The van der Waals surface area contributed by atoms with Crippen LogP contribution in [0.1, 0.15) is 53.4 Å². The van der Waals surface area contributed by atoms with Gasteiger partial charge in [0.25, 0.3) is 0 Å². The van der Waals surface area contributed by atoms with E-state index in [2.05, 4.69) is 0 Å². The first kappa shape index (κ1) is 15.1. The Kier molecular flexibility index (Phi) is 4.25. The van der Waals surface area contributed by atoms with Gasteiger partial charge >= 0.3 is 12.1 Å². The quantitative estimate of drug-likeness (QED) is 0.731. The fourth-order valence-electron chi connectivity index (χ4n) is 3.28. The average Bonchev–Trinajstić information content (AvgIpc) is 2.62. The topological polar surface area (TPSA) is 55.8 Å². The lowest BCUT2D eigenvalue weighted by atomic mass is 9.90. The molecule has 0 radical (unpaired) electrons. The van der Waals surface area contributed by atoms with E-state index in [4.69, 9.17) is 9.47 Å². The molecule has 0 N–H and O–H groups in total. The molecule has 2 aliphatic rings. The SMILES string of the molecule is CCOC(=O)[C@H]1CC[C@@H]2CCC1N2C(=O)OC(C)(C)C. The second-order valence-electron chi connectivity index (χ2n) is 6.62. The molecular weight excluding hydrogens is 258 g/mol. The number of piperidine rings is 1. The normalized spacial score (nSPS) is 29.2. The number of amides is 1. The zero-order chi connectivity index (χ0) is 14.9. The zero-order valence-electron chi connectivity index (χ0n) is 12.8. The standard InChI is InChI=1S/C15H25NO4/c1-5-19-13(17)11-8-6-10-7-9-12(11)16(10)14(18)20-15(2,3)4/h10-12H,5-9H2,1-4H3/t10-,11+,12?/m1/s1. The highest BCUT2D eigenvalue weighted by molar-refractivity contribution is 5.76. The number of fused-ring (bicyclic) bond motifs is 2. The largest absolute Gasteiger partial charge is 0.466 e. The van der Waals surface area contributed by atoms with Gasteiger partial charge in [-0.15, -0.1) is 0 Å². The van der Waals surface area contributed by atoms with Gasteiger partial charge in [0.2, 0.25) is 0 Å². The zero-order valence-corrected chi connectivity index (χ0v) is 12.8. The minimum Gasteiger partial charge on any atom is -0.466 e. The third-order valence-corrected chi connectivity index (χ3v) is 4.02. The number of carbonyl (C=O) groups is 2. The number of hydrogen-bond donors (Lipinski definition) is 0. The van der Waals surface area contributed by atoms with E-state index in [0.717, 1.165) is 25.7 Å². The van der Waals surface area contributed by atoms with Gasteiger partial charge in [-0.1, -0.05) is 0 Å². The molecule has 1 unspecified atom stereocenters. The number of ether oxygens (including phenoxy) is 2. The maximum Gasteiger partial charge on any atom is 0.410 e. The number of hydrogen-bond acceptors (Lipinski definition) is 4. The van der Waals surface area contributed by atoms with Crippen LogP contribution in [-0.2, 0) is 14.3 Å². The van der Waals surface area contributed by atoms with E-state index in [1.54, 1.807) is 4.90 Å². The van der Waals surface area contributed by atoms with Crippen LogP contribution in [0.4, 0.5) is 4.79 Å². The van der Waals surface area contributed by atoms with Gasteiger partial charge in [-0.05, 0) is 53.4 Å². The summed E-state index contributed by atoms with van der Waals surface area (Å²) in [5.41, 5.74) is -0.507. The molecule has 2 bridgehead atoms. The van der Waals surface area contributed by atoms with E-state index >= 15 is 0 Å². The Bertz CT molecular complexity index is 388. The van der Waals surface area contributed by atoms with Crippen molar-refractivity contribution in [1.29, 1.82) is 0 Å². The van der Waals surface area contributed by atoms with E-state index in [0.29, 0.717) is 6.61 Å². The van der Waals surface area contributed by atoms with E-state index in [9.17, 15) is 9.59 Å².